The Hall–Kier alpha value is -0.840. The molecule has 0 spiro atoms. The van der Waals surface area contributed by atoms with E-state index in [4.69, 9.17) is 16.3 Å². The fourth-order valence-corrected chi connectivity index (χ4v) is 2.83. The summed E-state index contributed by atoms with van der Waals surface area (Å²) in [7, 11) is 0. The van der Waals surface area contributed by atoms with Gasteiger partial charge in [-0.25, -0.2) is 4.98 Å². The molecule has 1 fully saturated rings. The number of nitrogens with one attached hydrogen (secondary N) is 1. The van der Waals surface area contributed by atoms with Crippen molar-refractivity contribution in [1.29, 1.82) is 0 Å². The summed E-state index contributed by atoms with van der Waals surface area (Å²) in [6.45, 7) is 13.0. The lowest BCUT2D eigenvalue weighted by molar-refractivity contribution is -0.00545. The molecule has 1 N–H and O–H groups in total. The number of morpholine rings is 1. The van der Waals surface area contributed by atoms with Crippen LogP contribution in [-0.4, -0.2) is 35.8 Å². The summed E-state index contributed by atoms with van der Waals surface area (Å²) in [5.41, 5.74) is 1.19. The summed E-state index contributed by atoms with van der Waals surface area (Å²) in [5, 5.41) is 4.16. The molecule has 0 bridgehead atoms. The smallest absolute Gasteiger partial charge is 0.147 e. The van der Waals surface area contributed by atoms with Crippen LogP contribution in [0.3, 0.4) is 0 Å². The predicted molar refractivity (Wildman–Crippen MR) is 88.1 cm³/mol. The summed E-state index contributed by atoms with van der Waals surface area (Å²) >= 11 is 6.44. The maximum absolute atomic E-state index is 6.44. The van der Waals surface area contributed by atoms with Gasteiger partial charge in [0.05, 0.1) is 17.2 Å². The molecule has 0 radical (unpaired) electrons. The van der Waals surface area contributed by atoms with Gasteiger partial charge in [-0.05, 0) is 46.2 Å². The molecule has 0 saturated carbocycles. The number of halogens is 1. The van der Waals surface area contributed by atoms with Gasteiger partial charge in [0.2, 0.25) is 0 Å². The minimum absolute atomic E-state index is 0.0836. The first-order valence-corrected chi connectivity index (χ1v) is 7.92. The van der Waals surface area contributed by atoms with Gasteiger partial charge in [0.25, 0.3) is 0 Å². The van der Waals surface area contributed by atoms with Gasteiger partial charge in [-0.15, -0.1) is 0 Å². The molecular formula is C16H26ClN3O. The molecular weight excluding hydrogens is 286 g/mol. The maximum atomic E-state index is 6.44. The fraction of sp³-hybridized carbons (Fsp3) is 0.688. The zero-order chi connectivity index (χ0) is 15.6. The Kier molecular flexibility index (Phi) is 5.12. The van der Waals surface area contributed by atoms with Crippen LogP contribution in [0.15, 0.2) is 12.3 Å². The molecule has 1 aromatic heterocycles. The van der Waals surface area contributed by atoms with Gasteiger partial charge >= 0.3 is 0 Å². The summed E-state index contributed by atoms with van der Waals surface area (Å²) in [6.07, 6.45) is 2.31. The topological polar surface area (TPSA) is 37.4 Å². The van der Waals surface area contributed by atoms with E-state index in [9.17, 15) is 0 Å². The minimum atomic E-state index is 0.0836. The van der Waals surface area contributed by atoms with Crippen molar-refractivity contribution in [2.24, 2.45) is 0 Å². The van der Waals surface area contributed by atoms with E-state index >= 15 is 0 Å². The van der Waals surface area contributed by atoms with Crippen LogP contribution in [0, 0.1) is 0 Å². The molecule has 4 nitrogen and oxygen atoms in total. The average Bonchev–Trinajstić information content (AvgIpc) is 2.34. The second-order valence-corrected chi connectivity index (χ2v) is 7.32. The van der Waals surface area contributed by atoms with Crippen LogP contribution in [-0.2, 0) is 11.3 Å². The molecule has 1 saturated heterocycles. The summed E-state index contributed by atoms with van der Waals surface area (Å²) < 4.78 is 5.75. The zero-order valence-corrected chi connectivity index (χ0v) is 14.4. The molecule has 21 heavy (non-hydrogen) atoms. The van der Waals surface area contributed by atoms with Crippen LogP contribution in [0.5, 0.6) is 0 Å². The second-order valence-electron chi connectivity index (χ2n) is 6.91. The number of aromatic nitrogens is 1. The van der Waals surface area contributed by atoms with Gasteiger partial charge in [0, 0.05) is 31.4 Å². The van der Waals surface area contributed by atoms with Crippen LogP contribution in [0.4, 0.5) is 5.82 Å². The van der Waals surface area contributed by atoms with Crippen LogP contribution < -0.4 is 10.2 Å². The van der Waals surface area contributed by atoms with Crippen LogP contribution in [0.1, 0.15) is 40.2 Å². The molecule has 1 aliphatic rings. The van der Waals surface area contributed by atoms with Gasteiger partial charge in [-0.3, -0.25) is 0 Å². The first-order valence-electron chi connectivity index (χ1n) is 7.54. The average molecular weight is 312 g/mol. The van der Waals surface area contributed by atoms with Crippen molar-refractivity contribution in [3.8, 4) is 0 Å². The number of pyridine rings is 1. The summed E-state index contributed by atoms with van der Waals surface area (Å²) in [6, 6.07) is 2.01. The van der Waals surface area contributed by atoms with E-state index in [1.807, 2.05) is 12.3 Å². The Bertz CT molecular complexity index is 477. The van der Waals surface area contributed by atoms with Crippen molar-refractivity contribution in [3.63, 3.8) is 0 Å². The first-order chi connectivity index (χ1) is 9.74. The summed E-state index contributed by atoms with van der Waals surface area (Å²) in [4.78, 5) is 6.78. The van der Waals surface area contributed by atoms with Crippen LogP contribution >= 0.6 is 11.6 Å². The number of hydrogen-bond donors (Lipinski definition) is 1. The van der Waals surface area contributed by atoms with E-state index < -0.39 is 0 Å². The molecule has 2 atom stereocenters. The molecule has 2 rings (SSSR count). The molecule has 0 amide bonds. The Labute approximate surface area is 132 Å². The van der Waals surface area contributed by atoms with Gasteiger partial charge in [-0.1, -0.05) is 11.6 Å². The lowest BCUT2D eigenvalue weighted by Crippen LogP contribution is -2.46. The highest BCUT2D eigenvalue weighted by Crippen LogP contribution is 2.27. The van der Waals surface area contributed by atoms with Gasteiger partial charge in [0.1, 0.15) is 5.82 Å². The molecule has 0 aromatic carbocycles. The number of rotatable bonds is 3. The van der Waals surface area contributed by atoms with E-state index in [0.29, 0.717) is 5.02 Å². The monoisotopic (exact) mass is 311 g/mol. The van der Waals surface area contributed by atoms with Crippen molar-refractivity contribution in [2.75, 3.05) is 18.0 Å². The van der Waals surface area contributed by atoms with E-state index in [2.05, 4.69) is 49.8 Å². The standard InChI is InChI=1S/C16H26ClN3O/c1-11-9-20(10-12(2)21-11)15-14(17)6-13(7-18-15)8-19-16(3,4)5/h6-7,11-12,19H,8-10H2,1-5H3/t11-,12+. The first kappa shape index (κ1) is 16.5. The number of nitrogens with zero attached hydrogens (tertiary/aromatic N) is 2. The maximum Gasteiger partial charge on any atom is 0.147 e. The van der Waals surface area contributed by atoms with E-state index in [1.54, 1.807) is 0 Å². The molecule has 1 aromatic rings. The Morgan fingerprint density at radius 1 is 1.33 bits per heavy atom. The Balaban J connectivity index is 2.08. The third-order valence-corrected chi connectivity index (χ3v) is 3.70. The highest BCUT2D eigenvalue weighted by molar-refractivity contribution is 6.33. The Morgan fingerprint density at radius 2 is 1.95 bits per heavy atom. The lowest BCUT2D eigenvalue weighted by Gasteiger charge is -2.36. The largest absolute Gasteiger partial charge is 0.372 e. The van der Waals surface area contributed by atoms with Crippen LogP contribution in [0.25, 0.3) is 0 Å². The SMILES string of the molecule is C[C@@H]1CN(c2ncc(CNC(C)(C)C)cc2Cl)C[C@H](C)O1. The van der Waals surface area contributed by atoms with E-state index in [1.165, 1.54) is 0 Å². The highest BCUT2D eigenvalue weighted by atomic mass is 35.5. The van der Waals surface area contributed by atoms with E-state index in [0.717, 1.165) is 31.0 Å². The molecule has 2 heterocycles. The number of hydrogen-bond acceptors (Lipinski definition) is 4. The lowest BCUT2D eigenvalue weighted by atomic mass is 10.1. The van der Waals surface area contributed by atoms with Crippen molar-refractivity contribution in [3.05, 3.63) is 22.8 Å². The third-order valence-electron chi connectivity index (χ3n) is 3.42. The van der Waals surface area contributed by atoms with Gasteiger partial charge in [-0.2, -0.15) is 0 Å². The third kappa shape index (κ3) is 4.83. The highest BCUT2D eigenvalue weighted by Gasteiger charge is 2.24. The zero-order valence-electron chi connectivity index (χ0n) is 13.6. The van der Waals surface area contributed by atoms with Crippen molar-refractivity contribution in [1.82, 2.24) is 10.3 Å². The van der Waals surface area contributed by atoms with Gasteiger partial charge < -0.3 is 15.0 Å². The Morgan fingerprint density at radius 3 is 2.48 bits per heavy atom. The number of anilines is 1. The van der Waals surface area contributed by atoms with Crippen molar-refractivity contribution < 1.29 is 4.74 Å². The summed E-state index contributed by atoms with van der Waals surface area (Å²) in [5.74, 6) is 0.859. The second kappa shape index (κ2) is 6.51. The molecule has 1 aliphatic heterocycles. The predicted octanol–water partition coefficient (Wildman–Crippen LogP) is 3.24. The van der Waals surface area contributed by atoms with Crippen molar-refractivity contribution >= 4 is 17.4 Å². The van der Waals surface area contributed by atoms with Gasteiger partial charge in [0.15, 0.2) is 0 Å². The normalized spacial score (nSPS) is 23.4. The number of ether oxygens (including phenoxy) is 1. The minimum Gasteiger partial charge on any atom is -0.372 e. The molecule has 0 unspecified atom stereocenters. The van der Waals surface area contributed by atoms with Crippen molar-refractivity contribution in [2.45, 2.75) is 58.9 Å². The molecule has 0 aliphatic carbocycles. The molecule has 5 heteroatoms. The van der Waals surface area contributed by atoms with E-state index in [-0.39, 0.29) is 17.7 Å². The molecule has 118 valence electrons. The fourth-order valence-electron chi connectivity index (χ4n) is 2.52. The quantitative estimate of drug-likeness (QED) is 0.930. The van der Waals surface area contributed by atoms with Crippen LogP contribution in [0.2, 0.25) is 5.02 Å².